The fourth-order valence-electron chi connectivity index (χ4n) is 4.57. The van der Waals surface area contributed by atoms with E-state index in [2.05, 4.69) is 0 Å². The number of ether oxygens (including phenoxy) is 1. The Morgan fingerprint density at radius 3 is 2.22 bits per heavy atom. The summed E-state index contributed by atoms with van der Waals surface area (Å²) in [7, 11) is -3.65. The van der Waals surface area contributed by atoms with E-state index in [-0.39, 0.29) is 12.1 Å². The molecule has 0 aromatic heterocycles. The number of aryl methyl sites for hydroxylation is 1. The summed E-state index contributed by atoms with van der Waals surface area (Å²) < 4.78 is 35.6. The molecule has 4 nitrogen and oxygen atoms in total. The van der Waals surface area contributed by atoms with Gasteiger partial charge in [0.2, 0.25) is 10.0 Å². The van der Waals surface area contributed by atoms with Crippen molar-refractivity contribution in [2.75, 3.05) is 0 Å². The summed E-state index contributed by atoms with van der Waals surface area (Å²) in [5, 5.41) is 0. The van der Waals surface area contributed by atoms with E-state index < -0.39 is 15.7 Å². The molecule has 1 saturated heterocycles. The van der Waals surface area contributed by atoms with Crippen molar-refractivity contribution in [2.45, 2.75) is 68.7 Å². The molecule has 2 fully saturated rings. The van der Waals surface area contributed by atoms with E-state index in [1.807, 2.05) is 56.3 Å². The standard InChI is InChI=1S/C22H27NO3S/c1-17-11-13-20(14-12-17)27(24,25)23-18(2)21(19-9-5-3-6-10-19)26-22(23)15-7-4-8-16-22/h3,5-6,9-14,18,21H,4,7-8,15-16H2,1-2H3/t18-,21-/m1/s1. The summed E-state index contributed by atoms with van der Waals surface area (Å²) in [6, 6.07) is 16.9. The number of nitrogens with zero attached hydrogens (tertiary/aromatic N) is 1. The van der Waals surface area contributed by atoms with Crippen molar-refractivity contribution in [1.29, 1.82) is 0 Å². The van der Waals surface area contributed by atoms with Gasteiger partial charge in [0.1, 0.15) is 11.8 Å². The van der Waals surface area contributed by atoms with Crippen LogP contribution in [0.25, 0.3) is 0 Å². The second-order valence-corrected chi connectivity index (χ2v) is 9.63. The number of sulfonamides is 1. The molecule has 2 aromatic carbocycles. The maximum Gasteiger partial charge on any atom is 0.245 e. The van der Waals surface area contributed by atoms with E-state index >= 15 is 0 Å². The zero-order valence-corrected chi connectivity index (χ0v) is 16.8. The molecule has 0 amide bonds. The second kappa shape index (κ2) is 7.04. The highest BCUT2D eigenvalue weighted by atomic mass is 32.2. The van der Waals surface area contributed by atoms with Crippen LogP contribution in [0.4, 0.5) is 0 Å². The highest BCUT2D eigenvalue weighted by molar-refractivity contribution is 7.89. The average molecular weight is 386 g/mol. The van der Waals surface area contributed by atoms with Crippen molar-refractivity contribution in [3.63, 3.8) is 0 Å². The molecule has 4 rings (SSSR count). The van der Waals surface area contributed by atoms with Crippen LogP contribution in [-0.4, -0.2) is 24.5 Å². The van der Waals surface area contributed by atoms with E-state index in [0.29, 0.717) is 4.90 Å². The molecule has 1 aliphatic heterocycles. The van der Waals surface area contributed by atoms with E-state index in [0.717, 1.165) is 43.2 Å². The van der Waals surface area contributed by atoms with E-state index in [9.17, 15) is 8.42 Å². The SMILES string of the molecule is Cc1ccc(S(=O)(=O)N2[C@H](C)[C@H](c3ccccc3)OC23CCCCC3)cc1. The quantitative estimate of drug-likeness (QED) is 0.762. The second-order valence-electron chi connectivity index (χ2n) is 7.81. The molecule has 1 spiro atoms. The Morgan fingerprint density at radius 1 is 0.963 bits per heavy atom. The van der Waals surface area contributed by atoms with Gasteiger partial charge in [-0.1, -0.05) is 54.4 Å². The van der Waals surface area contributed by atoms with Gasteiger partial charge < -0.3 is 4.74 Å². The summed E-state index contributed by atoms with van der Waals surface area (Å²) in [6.45, 7) is 3.94. The Bertz CT molecular complexity index is 887. The predicted molar refractivity (Wildman–Crippen MR) is 106 cm³/mol. The average Bonchev–Trinajstić information content (AvgIpc) is 2.95. The van der Waals surface area contributed by atoms with E-state index in [1.165, 1.54) is 0 Å². The number of hydrogen-bond donors (Lipinski definition) is 0. The molecular formula is C22H27NO3S. The lowest BCUT2D eigenvalue weighted by molar-refractivity contribution is -0.103. The van der Waals surface area contributed by atoms with Crippen LogP contribution >= 0.6 is 0 Å². The molecule has 1 saturated carbocycles. The van der Waals surface area contributed by atoms with Crippen LogP contribution < -0.4 is 0 Å². The van der Waals surface area contributed by atoms with Crippen molar-refractivity contribution >= 4 is 10.0 Å². The molecule has 0 bridgehead atoms. The van der Waals surface area contributed by atoms with Crippen molar-refractivity contribution in [3.8, 4) is 0 Å². The first-order chi connectivity index (χ1) is 12.9. The zero-order valence-electron chi connectivity index (χ0n) is 16.0. The Hall–Kier alpha value is -1.69. The summed E-state index contributed by atoms with van der Waals surface area (Å²) in [6.07, 6.45) is 4.39. The van der Waals surface area contributed by atoms with Gasteiger partial charge in [-0.15, -0.1) is 0 Å². The number of rotatable bonds is 3. The summed E-state index contributed by atoms with van der Waals surface area (Å²) in [4.78, 5) is 0.349. The van der Waals surface area contributed by atoms with Gasteiger partial charge >= 0.3 is 0 Å². The van der Waals surface area contributed by atoms with Gasteiger partial charge in [-0.05, 0) is 57.2 Å². The molecular weight excluding hydrogens is 358 g/mol. The molecule has 1 aliphatic carbocycles. The van der Waals surface area contributed by atoms with Crippen LogP contribution in [0.2, 0.25) is 0 Å². The number of hydrogen-bond acceptors (Lipinski definition) is 3. The van der Waals surface area contributed by atoms with Crippen LogP contribution in [0.3, 0.4) is 0 Å². The van der Waals surface area contributed by atoms with Gasteiger partial charge in [0, 0.05) is 0 Å². The van der Waals surface area contributed by atoms with Gasteiger partial charge in [-0.3, -0.25) is 0 Å². The molecule has 0 radical (unpaired) electrons. The molecule has 27 heavy (non-hydrogen) atoms. The maximum atomic E-state index is 13.7. The van der Waals surface area contributed by atoms with Crippen LogP contribution in [0.1, 0.15) is 56.3 Å². The minimum absolute atomic E-state index is 0.246. The lowest BCUT2D eigenvalue weighted by atomic mass is 9.92. The molecule has 5 heteroatoms. The third-order valence-electron chi connectivity index (χ3n) is 5.90. The third kappa shape index (κ3) is 3.22. The van der Waals surface area contributed by atoms with Crippen LogP contribution in [-0.2, 0) is 14.8 Å². The fourth-order valence-corrected chi connectivity index (χ4v) is 6.49. The monoisotopic (exact) mass is 385 g/mol. The number of benzene rings is 2. The lowest BCUT2D eigenvalue weighted by Crippen LogP contribution is -2.51. The summed E-state index contributed by atoms with van der Waals surface area (Å²) >= 11 is 0. The first-order valence-electron chi connectivity index (χ1n) is 9.78. The van der Waals surface area contributed by atoms with Crippen molar-refractivity contribution < 1.29 is 13.2 Å². The normalized spacial score (nSPS) is 25.7. The Kier molecular flexibility index (Phi) is 4.87. The largest absolute Gasteiger partial charge is 0.350 e. The Balaban J connectivity index is 1.79. The zero-order chi connectivity index (χ0) is 19.1. The molecule has 0 N–H and O–H groups in total. The van der Waals surface area contributed by atoms with E-state index in [1.54, 1.807) is 16.4 Å². The summed E-state index contributed by atoms with van der Waals surface area (Å²) in [5.74, 6) is 0. The maximum absolute atomic E-state index is 13.7. The highest BCUT2D eigenvalue weighted by Crippen LogP contribution is 2.50. The smallest absolute Gasteiger partial charge is 0.245 e. The topological polar surface area (TPSA) is 46.6 Å². The first kappa shape index (κ1) is 18.7. The van der Waals surface area contributed by atoms with Crippen molar-refractivity contribution in [3.05, 3.63) is 65.7 Å². The summed E-state index contributed by atoms with van der Waals surface area (Å²) in [5.41, 5.74) is 1.35. The highest BCUT2D eigenvalue weighted by Gasteiger charge is 2.57. The first-order valence-corrected chi connectivity index (χ1v) is 11.2. The predicted octanol–water partition coefficient (Wildman–Crippen LogP) is 4.81. The van der Waals surface area contributed by atoms with Gasteiger partial charge in [0.25, 0.3) is 0 Å². The fraction of sp³-hybridized carbons (Fsp3) is 0.455. The third-order valence-corrected chi connectivity index (χ3v) is 7.95. The molecule has 2 atom stereocenters. The molecule has 144 valence electrons. The van der Waals surface area contributed by atoms with E-state index in [4.69, 9.17) is 4.74 Å². The molecule has 2 aromatic rings. The van der Waals surface area contributed by atoms with Gasteiger partial charge in [-0.2, -0.15) is 4.31 Å². The minimum Gasteiger partial charge on any atom is -0.350 e. The van der Waals surface area contributed by atoms with Crippen LogP contribution in [0.15, 0.2) is 59.5 Å². The van der Waals surface area contributed by atoms with Gasteiger partial charge in [0.15, 0.2) is 0 Å². The lowest BCUT2D eigenvalue weighted by Gasteiger charge is -2.40. The van der Waals surface area contributed by atoms with Gasteiger partial charge in [0.05, 0.1) is 10.9 Å². The van der Waals surface area contributed by atoms with Crippen LogP contribution in [0, 0.1) is 6.92 Å². The van der Waals surface area contributed by atoms with Gasteiger partial charge in [-0.25, -0.2) is 8.42 Å². The Morgan fingerprint density at radius 2 is 1.59 bits per heavy atom. The minimum atomic E-state index is -3.65. The molecule has 0 unspecified atom stereocenters. The van der Waals surface area contributed by atoms with Crippen molar-refractivity contribution in [2.24, 2.45) is 0 Å². The molecule has 2 aliphatic rings. The van der Waals surface area contributed by atoms with Crippen LogP contribution in [0.5, 0.6) is 0 Å². The Labute approximate surface area is 162 Å². The van der Waals surface area contributed by atoms with Crippen molar-refractivity contribution in [1.82, 2.24) is 4.31 Å². The molecule has 1 heterocycles.